The Morgan fingerprint density at radius 1 is 0.938 bits per heavy atom. The first-order valence-electron chi connectivity index (χ1n) is 11.8. The minimum absolute atomic E-state index is 0.207. The van der Waals surface area contributed by atoms with Crippen LogP contribution in [0.4, 0.5) is 0 Å². The average Bonchev–Trinajstić information content (AvgIpc) is 3.39. The van der Waals surface area contributed by atoms with Gasteiger partial charge < -0.3 is 14.2 Å². The quantitative estimate of drug-likeness (QED) is 0.435. The van der Waals surface area contributed by atoms with Gasteiger partial charge in [0.1, 0.15) is 6.04 Å². The van der Waals surface area contributed by atoms with E-state index < -0.39 is 0 Å². The number of hydrogen-bond donors (Lipinski definition) is 0. The Morgan fingerprint density at radius 2 is 1.59 bits per heavy atom. The highest BCUT2D eigenvalue weighted by Crippen LogP contribution is 2.27. The first-order chi connectivity index (χ1) is 15.7. The molecule has 1 aromatic heterocycles. The number of aryl methyl sites for hydroxylation is 1. The smallest absolute Gasteiger partial charge is 0.329 e. The molecule has 1 aliphatic heterocycles. The molecule has 1 aliphatic rings. The first kappa shape index (κ1) is 22.3. The van der Waals surface area contributed by atoms with Crippen LogP contribution in [-0.2, 0) is 22.4 Å². The standard InChI is InChI=1S/C28H34N2O2/c1-32-28(31)27(30-18-5-6-19-30)22-24-13-11-23(12-14-24)8-7-17-29-20-15-26(16-21-29)25-9-3-2-4-10-25/h2-6,9-14,18-19,26-27H,7-8,15-17,20-22H2,1H3. The molecule has 1 saturated heterocycles. The zero-order chi connectivity index (χ0) is 22.2. The van der Waals surface area contributed by atoms with Crippen molar-refractivity contribution in [2.45, 2.75) is 44.1 Å². The Balaban J connectivity index is 1.22. The summed E-state index contributed by atoms with van der Waals surface area (Å²) in [6.45, 7) is 3.57. The van der Waals surface area contributed by atoms with Gasteiger partial charge in [0.05, 0.1) is 7.11 Å². The number of aromatic nitrogens is 1. The highest BCUT2D eigenvalue weighted by Gasteiger charge is 2.21. The summed E-state index contributed by atoms with van der Waals surface area (Å²) in [5.41, 5.74) is 4.02. The van der Waals surface area contributed by atoms with Crippen molar-refractivity contribution >= 4 is 5.97 Å². The van der Waals surface area contributed by atoms with Gasteiger partial charge in [0.25, 0.3) is 0 Å². The average molecular weight is 431 g/mol. The summed E-state index contributed by atoms with van der Waals surface area (Å²) >= 11 is 0. The number of benzene rings is 2. The number of esters is 1. The highest BCUT2D eigenvalue weighted by molar-refractivity contribution is 5.74. The maximum atomic E-state index is 12.2. The summed E-state index contributed by atoms with van der Waals surface area (Å²) in [7, 11) is 1.45. The van der Waals surface area contributed by atoms with Crippen molar-refractivity contribution in [2.75, 3.05) is 26.7 Å². The molecule has 1 fully saturated rings. The van der Waals surface area contributed by atoms with Gasteiger partial charge in [-0.15, -0.1) is 0 Å². The van der Waals surface area contributed by atoms with E-state index in [1.54, 1.807) is 0 Å². The van der Waals surface area contributed by atoms with Crippen molar-refractivity contribution in [2.24, 2.45) is 0 Å². The second kappa shape index (κ2) is 11.1. The molecule has 0 spiro atoms. The van der Waals surface area contributed by atoms with Crippen LogP contribution in [-0.4, -0.2) is 42.2 Å². The second-order valence-corrected chi connectivity index (χ2v) is 8.82. The number of methoxy groups -OCH3 is 1. The van der Waals surface area contributed by atoms with Crippen LogP contribution in [0.15, 0.2) is 79.1 Å². The summed E-state index contributed by atoms with van der Waals surface area (Å²) < 4.78 is 6.93. The molecule has 0 radical (unpaired) electrons. The molecule has 2 heterocycles. The molecule has 4 rings (SSSR count). The fraction of sp³-hybridized carbons (Fsp3) is 0.393. The molecule has 4 nitrogen and oxygen atoms in total. The van der Waals surface area contributed by atoms with E-state index in [9.17, 15) is 4.79 Å². The normalized spacial score (nSPS) is 16.0. The van der Waals surface area contributed by atoms with E-state index in [0.29, 0.717) is 6.42 Å². The van der Waals surface area contributed by atoms with Gasteiger partial charge in [0, 0.05) is 18.8 Å². The minimum atomic E-state index is -0.320. The number of likely N-dealkylation sites (tertiary alicyclic amines) is 1. The summed E-state index contributed by atoms with van der Waals surface area (Å²) in [4.78, 5) is 14.8. The summed E-state index contributed by atoms with van der Waals surface area (Å²) in [5.74, 6) is 0.515. The van der Waals surface area contributed by atoms with Crippen LogP contribution in [0.25, 0.3) is 0 Å². The SMILES string of the molecule is COC(=O)C(Cc1ccc(CCCN2CCC(c3ccccc3)CC2)cc1)n1cccc1. The zero-order valence-corrected chi connectivity index (χ0v) is 19.0. The minimum Gasteiger partial charge on any atom is -0.467 e. The fourth-order valence-electron chi connectivity index (χ4n) is 4.79. The van der Waals surface area contributed by atoms with Crippen molar-refractivity contribution in [1.29, 1.82) is 0 Å². The van der Waals surface area contributed by atoms with Gasteiger partial charge in [-0.3, -0.25) is 0 Å². The van der Waals surface area contributed by atoms with Gasteiger partial charge in [-0.2, -0.15) is 0 Å². The lowest BCUT2D eigenvalue weighted by molar-refractivity contribution is -0.144. The van der Waals surface area contributed by atoms with Gasteiger partial charge in [0.15, 0.2) is 0 Å². The molecule has 0 amide bonds. The van der Waals surface area contributed by atoms with E-state index in [0.717, 1.165) is 17.9 Å². The lowest BCUT2D eigenvalue weighted by Gasteiger charge is -2.32. The van der Waals surface area contributed by atoms with E-state index in [2.05, 4.69) is 59.5 Å². The van der Waals surface area contributed by atoms with Crippen LogP contribution in [0.5, 0.6) is 0 Å². The Kier molecular flexibility index (Phi) is 7.78. The van der Waals surface area contributed by atoms with Crippen molar-refractivity contribution in [1.82, 2.24) is 9.47 Å². The molecular weight excluding hydrogens is 396 g/mol. The van der Waals surface area contributed by atoms with Gasteiger partial charge >= 0.3 is 5.97 Å². The zero-order valence-electron chi connectivity index (χ0n) is 19.0. The largest absolute Gasteiger partial charge is 0.467 e. The summed E-state index contributed by atoms with van der Waals surface area (Å²) in [6, 6.07) is 23.2. The van der Waals surface area contributed by atoms with Crippen LogP contribution in [0.1, 0.15) is 47.9 Å². The Hall–Kier alpha value is -2.85. The van der Waals surface area contributed by atoms with E-state index in [4.69, 9.17) is 4.74 Å². The topological polar surface area (TPSA) is 34.5 Å². The lowest BCUT2D eigenvalue weighted by atomic mass is 9.89. The van der Waals surface area contributed by atoms with Crippen molar-refractivity contribution in [3.8, 4) is 0 Å². The Bertz CT molecular complexity index is 943. The maximum absolute atomic E-state index is 12.2. The Labute approximate surface area is 191 Å². The third-order valence-electron chi connectivity index (χ3n) is 6.71. The van der Waals surface area contributed by atoms with E-state index in [-0.39, 0.29) is 12.0 Å². The number of ether oxygens (including phenoxy) is 1. The monoisotopic (exact) mass is 430 g/mol. The number of carbonyl (C=O) groups is 1. The molecule has 0 saturated carbocycles. The first-order valence-corrected chi connectivity index (χ1v) is 11.8. The second-order valence-electron chi connectivity index (χ2n) is 8.82. The highest BCUT2D eigenvalue weighted by atomic mass is 16.5. The van der Waals surface area contributed by atoms with Crippen molar-refractivity contribution in [3.05, 3.63) is 95.8 Å². The van der Waals surface area contributed by atoms with E-state index in [1.165, 1.54) is 57.1 Å². The molecule has 0 aliphatic carbocycles. The fourth-order valence-corrected chi connectivity index (χ4v) is 4.79. The third-order valence-corrected chi connectivity index (χ3v) is 6.71. The number of rotatable bonds is 9. The maximum Gasteiger partial charge on any atom is 0.329 e. The number of nitrogens with zero attached hydrogens (tertiary/aromatic N) is 2. The van der Waals surface area contributed by atoms with E-state index >= 15 is 0 Å². The molecule has 32 heavy (non-hydrogen) atoms. The molecule has 3 aromatic rings. The molecule has 1 unspecified atom stereocenters. The van der Waals surface area contributed by atoms with Crippen LogP contribution >= 0.6 is 0 Å². The predicted octanol–water partition coefficient (Wildman–Crippen LogP) is 5.26. The summed E-state index contributed by atoms with van der Waals surface area (Å²) in [6.07, 6.45) is 9.28. The van der Waals surface area contributed by atoms with Crippen LogP contribution in [0.3, 0.4) is 0 Å². The van der Waals surface area contributed by atoms with Gasteiger partial charge in [-0.05, 0) is 80.1 Å². The van der Waals surface area contributed by atoms with Crippen LogP contribution in [0, 0.1) is 0 Å². The van der Waals surface area contributed by atoms with Gasteiger partial charge in [0.2, 0.25) is 0 Å². The number of hydrogen-bond acceptors (Lipinski definition) is 3. The molecule has 2 aromatic carbocycles. The summed E-state index contributed by atoms with van der Waals surface area (Å²) in [5, 5.41) is 0. The van der Waals surface area contributed by atoms with E-state index in [1.807, 2.05) is 29.1 Å². The van der Waals surface area contributed by atoms with Crippen LogP contribution in [0.2, 0.25) is 0 Å². The van der Waals surface area contributed by atoms with Gasteiger partial charge in [-0.1, -0.05) is 54.6 Å². The predicted molar refractivity (Wildman–Crippen MR) is 129 cm³/mol. The lowest BCUT2D eigenvalue weighted by Crippen LogP contribution is -2.33. The third kappa shape index (κ3) is 5.89. The van der Waals surface area contributed by atoms with Crippen molar-refractivity contribution in [3.63, 3.8) is 0 Å². The number of carbonyl (C=O) groups excluding carboxylic acids is 1. The Morgan fingerprint density at radius 3 is 2.25 bits per heavy atom. The molecular formula is C28H34N2O2. The molecule has 0 N–H and O–H groups in total. The molecule has 0 bridgehead atoms. The number of piperidine rings is 1. The van der Waals surface area contributed by atoms with Gasteiger partial charge in [-0.25, -0.2) is 4.79 Å². The van der Waals surface area contributed by atoms with Crippen LogP contribution < -0.4 is 0 Å². The molecule has 4 heteroatoms. The molecule has 168 valence electrons. The molecule has 1 atom stereocenters. The van der Waals surface area contributed by atoms with Crippen molar-refractivity contribution < 1.29 is 9.53 Å².